The van der Waals surface area contributed by atoms with Crippen LogP contribution in [-0.4, -0.2) is 16.4 Å². The average Bonchev–Trinajstić information content (AvgIpc) is 2.83. The fraction of sp³-hybridized carbons (Fsp3) is 0.188. The van der Waals surface area contributed by atoms with Crippen molar-refractivity contribution >= 4 is 6.09 Å². The Labute approximate surface area is 123 Å². The molecule has 0 bridgehead atoms. The molecule has 0 saturated heterocycles. The Balaban J connectivity index is 0.000000361. The van der Waals surface area contributed by atoms with Gasteiger partial charge >= 0.3 is 6.09 Å². The molecule has 21 heavy (non-hydrogen) atoms. The van der Waals surface area contributed by atoms with Gasteiger partial charge < -0.3 is 16.0 Å². The summed E-state index contributed by atoms with van der Waals surface area (Å²) in [6, 6.07) is 14.9. The van der Waals surface area contributed by atoms with Crippen LogP contribution in [0, 0.1) is 0 Å². The Morgan fingerprint density at radius 2 is 1.81 bits per heavy atom. The van der Waals surface area contributed by atoms with Crippen molar-refractivity contribution in [2.75, 3.05) is 0 Å². The van der Waals surface area contributed by atoms with Crippen molar-refractivity contribution in [2.24, 2.45) is 5.73 Å². The van der Waals surface area contributed by atoms with Crippen LogP contribution in [-0.2, 0) is 6.42 Å². The number of nitrogens with one attached hydrogen (secondary N) is 1. The first-order chi connectivity index (χ1) is 10.0. The Bertz CT molecular complexity index is 652. The van der Waals surface area contributed by atoms with Gasteiger partial charge in [-0.1, -0.05) is 42.5 Å². The number of rotatable bonds is 2. The highest BCUT2D eigenvalue weighted by Crippen LogP contribution is 2.37. The fourth-order valence-electron chi connectivity index (χ4n) is 2.51. The molecule has 2 aromatic carbocycles. The summed E-state index contributed by atoms with van der Waals surface area (Å²) in [6.45, 7) is 1.95. The second-order valence-electron chi connectivity index (χ2n) is 4.94. The molecule has 5 nitrogen and oxygen atoms in total. The lowest BCUT2D eigenvalue weighted by molar-refractivity contribution is 0.133. The molecule has 0 radical (unpaired) electrons. The van der Waals surface area contributed by atoms with Crippen molar-refractivity contribution in [1.29, 1.82) is 0 Å². The average molecular weight is 286 g/mol. The molecular weight excluding hydrogens is 268 g/mol. The molecular formula is C16H18N2O3. The number of fused-ring (bicyclic) bond motifs is 3. The van der Waals surface area contributed by atoms with Gasteiger partial charge in [-0.05, 0) is 41.2 Å². The highest BCUT2D eigenvalue weighted by Gasteiger charge is 2.18. The van der Waals surface area contributed by atoms with Crippen molar-refractivity contribution in [3.8, 4) is 11.1 Å². The summed E-state index contributed by atoms with van der Waals surface area (Å²) in [4.78, 5) is 8.78. The molecule has 0 fully saturated rings. The molecule has 0 spiro atoms. The summed E-state index contributed by atoms with van der Waals surface area (Å²) in [6.07, 6.45) is -0.336. The molecule has 1 amide bonds. The smallest absolute Gasteiger partial charge is 0.402 e. The molecule has 1 aliphatic rings. The van der Waals surface area contributed by atoms with Crippen LogP contribution < -0.4 is 11.2 Å². The molecule has 5 heteroatoms. The molecule has 5 N–H and O–H groups in total. The third-order valence-electron chi connectivity index (χ3n) is 3.51. The highest BCUT2D eigenvalue weighted by molar-refractivity contribution is 5.76. The predicted octanol–water partition coefficient (Wildman–Crippen LogP) is 2.92. The third kappa shape index (κ3) is 3.39. The van der Waals surface area contributed by atoms with E-state index in [2.05, 4.69) is 53.7 Å². The van der Waals surface area contributed by atoms with E-state index in [1.165, 1.54) is 22.3 Å². The number of primary amides is 1. The van der Waals surface area contributed by atoms with Gasteiger partial charge in [0.15, 0.2) is 0 Å². The van der Waals surface area contributed by atoms with Gasteiger partial charge in [0.25, 0.3) is 0 Å². The van der Waals surface area contributed by atoms with E-state index in [4.69, 9.17) is 15.1 Å². The maximum Gasteiger partial charge on any atom is 0.402 e. The van der Waals surface area contributed by atoms with Crippen LogP contribution in [0.4, 0.5) is 4.79 Å². The van der Waals surface area contributed by atoms with Gasteiger partial charge in [0, 0.05) is 0 Å². The third-order valence-corrected chi connectivity index (χ3v) is 3.51. The Morgan fingerprint density at radius 3 is 2.48 bits per heavy atom. The molecule has 0 saturated carbocycles. The number of benzene rings is 2. The molecule has 110 valence electrons. The van der Waals surface area contributed by atoms with E-state index in [-0.39, 0.29) is 6.04 Å². The van der Waals surface area contributed by atoms with Crippen LogP contribution >= 0.6 is 0 Å². The van der Waals surface area contributed by atoms with Crippen molar-refractivity contribution in [3.05, 3.63) is 59.2 Å². The molecule has 0 heterocycles. The molecule has 1 unspecified atom stereocenters. The van der Waals surface area contributed by atoms with Crippen LogP contribution in [0.1, 0.15) is 29.7 Å². The van der Waals surface area contributed by atoms with Gasteiger partial charge in [0.1, 0.15) is 0 Å². The zero-order chi connectivity index (χ0) is 15.4. The van der Waals surface area contributed by atoms with E-state index < -0.39 is 6.09 Å². The minimum absolute atomic E-state index is 0.0241. The van der Waals surface area contributed by atoms with Crippen molar-refractivity contribution in [3.63, 3.8) is 0 Å². The van der Waals surface area contributed by atoms with E-state index in [0.29, 0.717) is 0 Å². The van der Waals surface area contributed by atoms with E-state index in [0.717, 1.165) is 12.0 Å². The normalized spacial score (nSPS) is 12.7. The quantitative estimate of drug-likeness (QED) is 0.545. The van der Waals surface area contributed by atoms with Crippen LogP contribution in [0.25, 0.3) is 11.1 Å². The molecule has 1 atom stereocenters. The van der Waals surface area contributed by atoms with E-state index in [1.54, 1.807) is 0 Å². The first kappa shape index (κ1) is 15.0. The summed E-state index contributed by atoms with van der Waals surface area (Å²) >= 11 is 0. The van der Waals surface area contributed by atoms with Gasteiger partial charge in [-0.3, -0.25) is 0 Å². The van der Waals surface area contributed by atoms with Gasteiger partial charge in [-0.25, -0.2) is 4.79 Å². The minimum atomic E-state index is -1.33. The zero-order valence-electron chi connectivity index (χ0n) is 11.7. The lowest BCUT2D eigenvalue weighted by Gasteiger charge is -2.11. The molecule has 1 aliphatic carbocycles. The van der Waals surface area contributed by atoms with Gasteiger partial charge in [-0.15, -0.1) is 0 Å². The number of hydrogen-bond acceptors (Lipinski definition) is 3. The topological polar surface area (TPSA) is 95.6 Å². The number of carbonyl (C=O) groups is 1. The molecule has 2 aromatic rings. The van der Waals surface area contributed by atoms with Crippen molar-refractivity contribution in [2.45, 2.75) is 19.4 Å². The first-order valence-electron chi connectivity index (χ1n) is 6.62. The van der Waals surface area contributed by atoms with Crippen LogP contribution in [0.5, 0.6) is 0 Å². The summed E-state index contributed by atoms with van der Waals surface area (Å²) < 4.78 is 0. The van der Waals surface area contributed by atoms with Crippen LogP contribution in [0.2, 0.25) is 0 Å². The zero-order valence-corrected chi connectivity index (χ0v) is 11.7. The number of carboxylic acid groups (broad SMARTS) is 1. The predicted molar refractivity (Wildman–Crippen MR) is 80.2 cm³/mol. The summed E-state index contributed by atoms with van der Waals surface area (Å²) in [5, 5.41) is 16.2. The monoisotopic (exact) mass is 286 g/mol. The maximum atomic E-state index is 8.96. The lowest BCUT2D eigenvalue weighted by atomic mass is 10.0. The maximum absolute atomic E-state index is 8.96. The molecule has 3 rings (SSSR count). The highest BCUT2D eigenvalue weighted by atomic mass is 16.5. The van der Waals surface area contributed by atoms with E-state index >= 15 is 0 Å². The number of nitrogens with two attached hydrogens (primary N) is 1. The summed E-state index contributed by atoms with van der Waals surface area (Å²) in [7, 11) is 0. The Hall–Kier alpha value is -2.37. The second kappa shape index (κ2) is 6.39. The van der Waals surface area contributed by atoms with Gasteiger partial charge in [0.05, 0.1) is 6.04 Å². The minimum Gasteiger partial charge on any atom is -0.465 e. The van der Waals surface area contributed by atoms with Gasteiger partial charge in [0.2, 0.25) is 0 Å². The largest absolute Gasteiger partial charge is 0.465 e. The molecule has 0 aromatic heterocycles. The van der Waals surface area contributed by atoms with E-state index in [9.17, 15) is 0 Å². The summed E-state index contributed by atoms with van der Waals surface area (Å²) in [5.74, 6) is 0. The number of hydroxylamine groups is 1. The van der Waals surface area contributed by atoms with E-state index in [1.807, 2.05) is 6.92 Å². The Morgan fingerprint density at radius 1 is 1.19 bits per heavy atom. The van der Waals surface area contributed by atoms with Crippen LogP contribution in [0.3, 0.4) is 0 Å². The SMILES string of the molecule is CC(NO)c1ccc2c(c1)Cc1ccccc1-2.NC(=O)O. The fourth-order valence-corrected chi connectivity index (χ4v) is 2.51. The number of amides is 1. The van der Waals surface area contributed by atoms with Crippen molar-refractivity contribution < 1.29 is 15.1 Å². The van der Waals surface area contributed by atoms with Crippen molar-refractivity contribution in [1.82, 2.24) is 5.48 Å². The van der Waals surface area contributed by atoms with Crippen LogP contribution in [0.15, 0.2) is 42.5 Å². The standard InChI is InChI=1S/C15H15NO.CH3NO2/c1-10(16-17)11-6-7-15-13(8-11)9-12-4-2-3-5-14(12)15;2-1(3)4/h2-8,10,16-17H,9H2,1H3;2H2,(H,3,4). The molecule has 0 aliphatic heterocycles. The summed E-state index contributed by atoms with van der Waals surface area (Å²) in [5.41, 5.74) is 12.9. The number of hydrogen-bond donors (Lipinski definition) is 4. The lowest BCUT2D eigenvalue weighted by Crippen LogP contribution is -2.13. The van der Waals surface area contributed by atoms with Gasteiger partial charge in [-0.2, -0.15) is 5.48 Å². The Kier molecular flexibility index (Phi) is 4.57. The first-order valence-corrected chi connectivity index (χ1v) is 6.62. The second-order valence-corrected chi connectivity index (χ2v) is 4.94.